The minimum atomic E-state index is -0.737. The maximum Gasteiger partial charge on any atom is 0.356 e. The van der Waals surface area contributed by atoms with Gasteiger partial charge in [0, 0.05) is 10.6 Å². The van der Waals surface area contributed by atoms with Gasteiger partial charge in [0.15, 0.2) is 0 Å². The molecule has 1 aliphatic rings. The van der Waals surface area contributed by atoms with E-state index in [2.05, 4.69) is 20.7 Å². The van der Waals surface area contributed by atoms with E-state index in [1.807, 2.05) is 0 Å². The summed E-state index contributed by atoms with van der Waals surface area (Å²) in [5.74, 6) is 3.94. The Hall–Kier alpha value is -1.34. The zero-order chi connectivity index (χ0) is 12.3. The lowest BCUT2D eigenvalue weighted by Gasteiger charge is -2.22. The third-order valence-electron chi connectivity index (χ3n) is 1.79. The molecule has 0 atom stereocenters. The molecule has 0 amide bonds. The molecule has 5 nitrogen and oxygen atoms in total. The molecule has 88 valence electrons. The van der Waals surface area contributed by atoms with E-state index in [1.165, 1.54) is 6.08 Å². The van der Waals surface area contributed by atoms with Crippen LogP contribution in [0.3, 0.4) is 0 Å². The summed E-state index contributed by atoms with van der Waals surface area (Å²) in [7, 11) is 0. The number of esters is 1. The predicted octanol–water partition coefficient (Wildman–Crippen LogP) is 0.999. The Kier molecular flexibility index (Phi) is 4.08. The molecule has 4 N–H and O–H groups in total. The molecule has 0 aromatic heterocycles. The average molecular weight is 292 g/mol. The number of carbonyl (C=O) groups excluding carboxylic acids is 1. The average Bonchev–Trinajstić information content (AvgIpc) is 2.22. The van der Waals surface area contributed by atoms with Gasteiger partial charge in [-0.3, -0.25) is 5.01 Å². The van der Waals surface area contributed by atoms with Crippen molar-refractivity contribution >= 4 is 21.9 Å². The highest BCUT2D eigenvalue weighted by atomic mass is 79.9. The second-order valence-electron chi connectivity index (χ2n) is 2.89. The minimum Gasteiger partial charge on any atom is -0.461 e. The number of hydrogen-bond donors (Lipinski definition) is 2. The Morgan fingerprint density at radius 2 is 2.25 bits per heavy atom. The number of rotatable bonds is 2. The molecule has 1 heterocycles. The number of nitrogens with two attached hydrogens (primary N) is 2. The summed E-state index contributed by atoms with van der Waals surface area (Å²) in [5.41, 5.74) is 5.32. The van der Waals surface area contributed by atoms with Crippen LogP contribution in [-0.2, 0) is 9.53 Å². The van der Waals surface area contributed by atoms with Crippen LogP contribution in [0.2, 0.25) is 0 Å². The Bertz CT molecular complexity index is 404. The third-order valence-corrected chi connectivity index (χ3v) is 2.25. The molecule has 0 unspecified atom stereocenters. The topological polar surface area (TPSA) is 81.6 Å². The van der Waals surface area contributed by atoms with E-state index in [0.29, 0.717) is 9.49 Å². The van der Waals surface area contributed by atoms with Crippen molar-refractivity contribution in [3.63, 3.8) is 0 Å². The number of hydrogen-bond acceptors (Lipinski definition) is 5. The third kappa shape index (κ3) is 2.61. The molecule has 0 spiro atoms. The van der Waals surface area contributed by atoms with Crippen molar-refractivity contribution in [3.05, 3.63) is 34.0 Å². The molecule has 0 saturated heterocycles. The summed E-state index contributed by atoms with van der Waals surface area (Å²) < 4.78 is 18.3. The van der Waals surface area contributed by atoms with Gasteiger partial charge in [0.25, 0.3) is 0 Å². The summed E-state index contributed by atoms with van der Waals surface area (Å²) in [6.45, 7) is 1.82. The molecular formula is C9H11BrFN3O2. The first-order valence-corrected chi connectivity index (χ1v) is 5.22. The van der Waals surface area contributed by atoms with E-state index in [9.17, 15) is 9.18 Å². The van der Waals surface area contributed by atoms with E-state index < -0.39 is 11.9 Å². The first-order chi connectivity index (χ1) is 7.47. The van der Waals surface area contributed by atoms with Gasteiger partial charge in [-0.15, -0.1) is 0 Å². The molecule has 1 rings (SSSR count). The number of carbonyl (C=O) groups is 1. The number of ether oxygens (including phenoxy) is 1. The monoisotopic (exact) mass is 291 g/mol. The molecule has 0 radical (unpaired) electrons. The first kappa shape index (κ1) is 12.7. The molecule has 1 aliphatic heterocycles. The first-order valence-electron chi connectivity index (χ1n) is 4.43. The van der Waals surface area contributed by atoms with Gasteiger partial charge in [-0.1, -0.05) is 15.9 Å². The number of allylic oxidation sites excluding steroid dienone is 3. The highest BCUT2D eigenvalue weighted by Crippen LogP contribution is 2.25. The molecule has 16 heavy (non-hydrogen) atoms. The molecule has 0 aromatic rings. The van der Waals surface area contributed by atoms with Gasteiger partial charge in [-0.25, -0.2) is 10.6 Å². The van der Waals surface area contributed by atoms with Gasteiger partial charge in [0.05, 0.1) is 12.3 Å². The molecule has 0 saturated carbocycles. The van der Waals surface area contributed by atoms with Crippen LogP contribution in [0.15, 0.2) is 34.0 Å². The standard InChI is InChI=1S/C9H11BrFN3O2/c1-2-16-9(15)8(12)6-3-5(10)4-7(11)14(6)13/h3-4H,2,12-13H2,1H3/b8-6-. The Labute approximate surface area is 100 Å². The Morgan fingerprint density at radius 1 is 1.62 bits per heavy atom. The minimum absolute atomic E-state index is 0.0466. The number of halogens is 2. The lowest BCUT2D eigenvalue weighted by atomic mass is 10.2. The van der Waals surface area contributed by atoms with Crippen LogP contribution in [0.25, 0.3) is 0 Å². The van der Waals surface area contributed by atoms with Gasteiger partial charge in [-0.2, -0.15) is 4.39 Å². The van der Waals surface area contributed by atoms with Crippen molar-refractivity contribution < 1.29 is 13.9 Å². The Morgan fingerprint density at radius 3 is 2.81 bits per heavy atom. The predicted molar refractivity (Wildman–Crippen MR) is 60.1 cm³/mol. The maximum absolute atomic E-state index is 13.2. The fraction of sp³-hybridized carbons (Fsp3) is 0.222. The lowest BCUT2D eigenvalue weighted by Crippen LogP contribution is -2.33. The molecule has 0 aromatic carbocycles. The van der Waals surface area contributed by atoms with Crippen molar-refractivity contribution in [2.75, 3.05) is 6.61 Å². The van der Waals surface area contributed by atoms with Gasteiger partial charge >= 0.3 is 5.97 Å². The largest absolute Gasteiger partial charge is 0.461 e. The zero-order valence-corrected chi connectivity index (χ0v) is 10.1. The fourth-order valence-electron chi connectivity index (χ4n) is 1.06. The van der Waals surface area contributed by atoms with E-state index in [1.54, 1.807) is 6.92 Å². The highest BCUT2D eigenvalue weighted by molar-refractivity contribution is 9.11. The lowest BCUT2D eigenvalue weighted by molar-refractivity contribution is -0.138. The van der Waals surface area contributed by atoms with Crippen molar-refractivity contribution in [2.24, 2.45) is 11.6 Å². The zero-order valence-electron chi connectivity index (χ0n) is 8.54. The van der Waals surface area contributed by atoms with Crippen molar-refractivity contribution in [1.82, 2.24) is 5.01 Å². The maximum atomic E-state index is 13.2. The second kappa shape index (κ2) is 5.13. The highest BCUT2D eigenvalue weighted by Gasteiger charge is 2.21. The second-order valence-corrected chi connectivity index (χ2v) is 3.80. The van der Waals surface area contributed by atoms with E-state index >= 15 is 0 Å². The van der Waals surface area contributed by atoms with Crippen LogP contribution in [0, 0.1) is 0 Å². The van der Waals surface area contributed by atoms with Crippen molar-refractivity contribution in [3.8, 4) is 0 Å². The van der Waals surface area contributed by atoms with Gasteiger partial charge in [-0.05, 0) is 13.0 Å². The van der Waals surface area contributed by atoms with E-state index in [0.717, 1.165) is 6.08 Å². The molecule has 0 aliphatic carbocycles. The SMILES string of the molecule is CCOC(=O)/C(N)=C1\C=C(Br)C=C(F)N1N. The van der Waals surface area contributed by atoms with Gasteiger partial charge < -0.3 is 10.5 Å². The Balaban J connectivity index is 3.08. The molecule has 7 heteroatoms. The van der Waals surface area contributed by atoms with Crippen molar-refractivity contribution in [1.29, 1.82) is 0 Å². The smallest absolute Gasteiger partial charge is 0.356 e. The van der Waals surface area contributed by atoms with Crippen LogP contribution in [0.5, 0.6) is 0 Å². The molecular weight excluding hydrogens is 281 g/mol. The number of hydrazine groups is 1. The fourth-order valence-corrected chi connectivity index (χ4v) is 1.47. The van der Waals surface area contributed by atoms with Gasteiger partial charge in [0.1, 0.15) is 5.70 Å². The van der Waals surface area contributed by atoms with Gasteiger partial charge in [0.2, 0.25) is 5.95 Å². The normalized spacial score (nSPS) is 18.9. The molecule has 0 fully saturated rings. The number of nitrogens with zero attached hydrogens (tertiary/aromatic N) is 1. The molecule has 0 bridgehead atoms. The van der Waals surface area contributed by atoms with E-state index in [4.69, 9.17) is 11.6 Å². The van der Waals surface area contributed by atoms with Crippen LogP contribution in [-0.4, -0.2) is 17.6 Å². The van der Waals surface area contributed by atoms with Crippen LogP contribution >= 0.6 is 15.9 Å². The summed E-state index contributed by atoms with van der Waals surface area (Å²) in [6, 6.07) is 0. The van der Waals surface area contributed by atoms with Crippen LogP contribution in [0.4, 0.5) is 4.39 Å². The summed E-state index contributed by atoms with van der Waals surface area (Å²) in [6.07, 6.45) is 2.58. The van der Waals surface area contributed by atoms with Crippen LogP contribution in [0.1, 0.15) is 6.92 Å². The quantitative estimate of drug-likeness (QED) is 0.343. The summed E-state index contributed by atoms with van der Waals surface area (Å²) in [4.78, 5) is 11.3. The van der Waals surface area contributed by atoms with Crippen molar-refractivity contribution in [2.45, 2.75) is 6.92 Å². The summed E-state index contributed by atoms with van der Waals surface area (Å²) >= 11 is 3.07. The van der Waals surface area contributed by atoms with E-state index in [-0.39, 0.29) is 18.0 Å². The summed E-state index contributed by atoms with van der Waals surface area (Å²) in [5, 5.41) is 0.678. The van der Waals surface area contributed by atoms with Crippen LogP contribution < -0.4 is 11.6 Å².